The molecule has 3 aromatic carbocycles. The van der Waals surface area contributed by atoms with Crippen LogP contribution in [0.25, 0.3) is 11.1 Å². The molecule has 0 radical (unpaired) electrons. The Labute approximate surface area is 139 Å². The molecule has 0 spiro atoms. The zero-order valence-electron chi connectivity index (χ0n) is 12.6. The maximum Gasteiger partial charge on any atom is 0.194 e. The van der Waals surface area contributed by atoms with Gasteiger partial charge in [-0.3, -0.25) is 4.79 Å². The minimum atomic E-state index is 0.1000. The topological polar surface area (TPSA) is 29.1 Å². The average Bonchev–Trinajstić information content (AvgIpc) is 2.82. The molecule has 0 atom stereocenters. The van der Waals surface area contributed by atoms with Crippen molar-refractivity contribution in [2.75, 3.05) is 5.32 Å². The summed E-state index contributed by atoms with van der Waals surface area (Å²) in [7, 11) is 0. The van der Waals surface area contributed by atoms with Crippen LogP contribution in [0.4, 0.5) is 11.4 Å². The quantitative estimate of drug-likeness (QED) is 0.521. The van der Waals surface area contributed by atoms with E-state index in [1.807, 2.05) is 67.6 Å². The zero-order chi connectivity index (χ0) is 16.0. The van der Waals surface area contributed by atoms with Crippen molar-refractivity contribution in [1.82, 2.24) is 0 Å². The first-order valence-electron chi connectivity index (χ1n) is 7.45. The van der Waals surface area contributed by atoms with Crippen molar-refractivity contribution in [2.45, 2.75) is 6.92 Å². The zero-order valence-corrected chi connectivity index (χ0v) is 13.3. The van der Waals surface area contributed by atoms with Crippen molar-refractivity contribution in [1.29, 1.82) is 0 Å². The highest BCUT2D eigenvalue weighted by atomic mass is 35.5. The molecule has 1 N–H and O–H groups in total. The monoisotopic (exact) mass is 319 g/mol. The fourth-order valence-corrected chi connectivity index (χ4v) is 3.17. The number of hydrogen-bond acceptors (Lipinski definition) is 2. The van der Waals surface area contributed by atoms with Crippen LogP contribution in [0.2, 0.25) is 5.02 Å². The van der Waals surface area contributed by atoms with Gasteiger partial charge in [0.25, 0.3) is 0 Å². The number of benzene rings is 3. The molecule has 2 nitrogen and oxygen atoms in total. The summed E-state index contributed by atoms with van der Waals surface area (Å²) in [4.78, 5) is 12.5. The molecule has 0 bridgehead atoms. The number of fused-ring (bicyclic) bond motifs is 3. The summed E-state index contributed by atoms with van der Waals surface area (Å²) >= 11 is 6.20. The van der Waals surface area contributed by atoms with Crippen LogP contribution >= 0.6 is 11.6 Å². The fourth-order valence-electron chi connectivity index (χ4n) is 2.99. The van der Waals surface area contributed by atoms with E-state index in [2.05, 4.69) is 5.32 Å². The summed E-state index contributed by atoms with van der Waals surface area (Å²) in [6.07, 6.45) is 0. The van der Waals surface area contributed by atoms with E-state index in [9.17, 15) is 4.79 Å². The van der Waals surface area contributed by atoms with Gasteiger partial charge in [-0.15, -0.1) is 0 Å². The van der Waals surface area contributed by atoms with Crippen molar-refractivity contribution >= 4 is 28.8 Å². The Morgan fingerprint density at radius 1 is 0.826 bits per heavy atom. The van der Waals surface area contributed by atoms with Gasteiger partial charge in [-0.05, 0) is 54.4 Å². The van der Waals surface area contributed by atoms with Crippen LogP contribution < -0.4 is 5.32 Å². The Balaban J connectivity index is 1.78. The lowest BCUT2D eigenvalue weighted by molar-refractivity contribution is 0.104. The van der Waals surface area contributed by atoms with E-state index in [4.69, 9.17) is 11.6 Å². The lowest BCUT2D eigenvalue weighted by atomic mass is 10.0. The van der Waals surface area contributed by atoms with Crippen LogP contribution in [0.1, 0.15) is 21.5 Å². The molecule has 3 aromatic rings. The molecule has 1 aliphatic rings. The predicted octanol–water partition coefficient (Wildman–Crippen LogP) is 5.60. The highest BCUT2D eigenvalue weighted by Crippen LogP contribution is 2.39. The van der Waals surface area contributed by atoms with Crippen LogP contribution in [0.3, 0.4) is 0 Å². The van der Waals surface area contributed by atoms with Crippen molar-refractivity contribution in [2.24, 2.45) is 0 Å². The minimum Gasteiger partial charge on any atom is -0.354 e. The van der Waals surface area contributed by atoms with Gasteiger partial charge in [0.2, 0.25) is 0 Å². The third-order valence-electron chi connectivity index (χ3n) is 4.13. The number of hydrogen-bond donors (Lipinski definition) is 1. The van der Waals surface area contributed by atoms with Gasteiger partial charge < -0.3 is 5.32 Å². The lowest BCUT2D eigenvalue weighted by Gasteiger charge is -2.10. The van der Waals surface area contributed by atoms with Crippen LogP contribution in [0, 0.1) is 6.92 Å². The summed E-state index contributed by atoms with van der Waals surface area (Å²) in [5.74, 6) is 0.1000. The Morgan fingerprint density at radius 3 is 2.43 bits per heavy atom. The number of nitrogens with one attached hydrogen (secondary N) is 1. The Bertz CT molecular complexity index is 946. The Hall–Kier alpha value is -2.58. The van der Waals surface area contributed by atoms with Gasteiger partial charge in [0.05, 0.1) is 10.7 Å². The molecule has 0 saturated heterocycles. The second kappa shape index (κ2) is 5.25. The van der Waals surface area contributed by atoms with E-state index >= 15 is 0 Å². The molecule has 1 aliphatic carbocycles. The van der Waals surface area contributed by atoms with Crippen LogP contribution in [0.5, 0.6) is 0 Å². The van der Waals surface area contributed by atoms with Gasteiger partial charge >= 0.3 is 0 Å². The molecule has 4 rings (SSSR count). The maximum absolute atomic E-state index is 12.5. The van der Waals surface area contributed by atoms with Crippen molar-refractivity contribution in [3.8, 4) is 11.1 Å². The number of aryl methyl sites for hydroxylation is 1. The maximum atomic E-state index is 12.5. The number of carbonyl (C=O) groups is 1. The summed E-state index contributed by atoms with van der Waals surface area (Å²) in [5.41, 5.74) is 6.38. The number of ketones is 1. The van der Waals surface area contributed by atoms with Crippen LogP contribution in [-0.2, 0) is 0 Å². The SMILES string of the molecule is Cc1ccc2c(c1)C(=O)c1ccc(Nc3ccccc3Cl)cc1-2. The Kier molecular flexibility index (Phi) is 3.21. The van der Waals surface area contributed by atoms with E-state index < -0.39 is 0 Å². The van der Waals surface area contributed by atoms with Crippen LogP contribution in [0.15, 0.2) is 60.7 Å². The summed E-state index contributed by atoms with van der Waals surface area (Å²) < 4.78 is 0. The molecule has 3 heteroatoms. The average molecular weight is 320 g/mol. The normalized spacial score (nSPS) is 12.0. The number of para-hydroxylation sites is 1. The molecule has 0 aliphatic heterocycles. The standard InChI is InChI=1S/C20H14ClNO/c1-12-6-8-14-16-11-13(22-19-5-3-2-4-18(19)21)7-9-15(16)20(23)17(14)10-12/h2-11,22H,1H3. The third-order valence-corrected chi connectivity index (χ3v) is 4.46. The molecule has 0 heterocycles. The van der Waals surface area contributed by atoms with Gasteiger partial charge in [-0.25, -0.2) is 0 Å². The lowest BCUT2D eigenvalue weighted by Crippen LogP contribution is -1.96. The molecular weight excluding hydrogens is 306 g/mol. The largest absolute Gasteiger partial charge is 0.354 e. The van der Waals surface area contributed by atoms with Gasteiger partial charge in [-0.2, -0.15) is 0 Å². The first kappa shape index (κ1) is 14.0. The van der Waals surface area contributed by atoms with E-state index in [1.165, 1.54) is 0 Å². The highest BCUT2D eigenvalue weighted by Gasteiger charge is 2.26. The van der Waals surface area contributed by atoms with Crippen molar-refractivity contribution < 1.29 is 4.79 Å². The first-order valence-corrected chi connectivity index (χ1v) is 7.82. The molecule has 112 valence electrons. The highest BCUT2D eigenvalue weighted by molar-refractivity contribution is 6.33. The molecule has 0 aromatic heterocycles. The van der Waals surface area contributed by atoms with Crippen molar-refractivity contribution in [3.63, 3.8) is 0 Å². The van der Waals surface area contributed by atoms with Crippen molar-refractivity contribution in [3.05, 3.63) is 82.4 Å². The number of halogens is 1. The predicted molar refractivity (Wildman–Crippen MR) is 94.8 cm³/mol. The van der Waals surface area contributed by atoms with E-state index in [-0.39, 0.29) is 5.78 Å². The molecule has 0 saturated carbocycles. The third kappa shape index (κ3) is 2.32. The minimum absolute atomic E-state index is 0.1000. The molecule has 23 heavy (non-hydrogen) atoms. The van der Waals surface area contributed by atoms with Gasteiger partial charge in [0.15, 0.2) is 5.78 Å². The van der Waals surface area contributed by atoms with E-state index in [0.717, 1.165) is 39.2 Å². The first-order chi connectivity index (χ1) is 11.1. The fraction of sp³-hybridized carbons (Fsp3) is 0.0500. The van der Waals surface area contributed by atoms with Gasteiger partial charge in [0, 0.05) is 16.8 Å². The smallest absolute Gasteiger partial charge is 0.194 e. The second-order valence-electron chi connectivity index (χ2n) is 5.74. The summed E-state index contributed by atoms with van der Waals surface area (Å²) in [6, 6.07) is 19.4. The molecular formula is C20H14ClNO. The number of carbonyl (C=O) groups excluding carboxylic acids is 1. The summed E-state index contributed by atoms with van der Waals surface area (Å²) in [6.45, 7) is 2.00. The summed E-state index contributed by atoms with van der Waals surface area (Å²) in [5, 5.41) is 3.98. The van der Waals surface area contributed by atoms with E-state index in [1.54, 1.807) is 0 Å². The second-order valence-corrected chi connectivity index (χ2v) is 6.15. The molecule has 0 amide bonds. The number of rotatable bonds is 2. The van der Waals surface area contributed by atoms with Gasteiger partial charge in [0.1, 0.15) is 0 Å². The molecule has 0 fully saturated rings. The molecule has 0 unspecified atom stereocenters. The van der Waals surface area contributed by atoms with E-state index in [0.29, 0.717) is 5.02 Å². The van der Waals surface area contributed by atoms with Gasteiger partial charge in [-0.1, -0.05) is 41.4 Å². The van der Waals surface area contributed by atoms with Crippen LogP contribution in [-0.4, -0.2) is 5.78 Å². The Morgan fingerprint density at radius 2 is 1.61 bits per heavy atom. The number of anilines is 2.